The van der Waals surface area contributed by atoms with Gasteiger partial charge >= 0.3 is 19.7 Å². The molecule has 0 fully saturated rings. The fourth-order valence-corrected chi connectivity index (χ4v) is 7.73. The van der Waals surface area contributed by atoms with Crippen LogP contribution in [0.25, 0.3) is 0 Å². The lowest BCUT2D eigenvalue weighted by Crippen LogP contribution is -2.55. The number of benzene rings is 4. The molecule has 0 aliphatic carbocycles. The van der Waals surface area contributed by atoms with Crippen molar-refractivity contribution in [2.45, 2.75) is 42.3 Å². The summed E-state index contributed by atoms with van der Waals surface area (Å²) in [6.45, 7) is 0.437. The number of carbonyl (C=O) groups excluding carboxylic acids is 2. The molecule has 16 nitrogen and oxygen atoms in total. The molecule has 22 heteroatoms. The first-order chi connectivity index (χ1) is 26.7. The molecule has 0 spiro atoms. The number of carboxylic acid groups (broad SMARTS) is 1. The summed E-state index contributed by atoms with van der Waals surface area (Å²) < 4.78 is 87.1. The van der Waals surface area contributed by atoms with Crippen LogP contribution in [0.2, 0.25) is 0 Å². The third-order valence-corrected chi connectivity index (χ3v) is 11.2. The highest BCUT2D eigenvalue weighted by molar-refractivity contribution is 9.10. The number of aliphatic carboxylic acids is 1. The van der Waals surface area contributed by atoms with Gasteiger partial charge in [-0.25, -0.2) is 22.8 Å². The van der Waals surface area contributed by atoms with Crippen molar-refractivity contribution < 1.29 is 59.8 Å². The minimum Gasteiger partial charge on any atom is -0.475 e. The van der Waals surface area contributed by atoms with Crippen molar-refractivity contribution in [3.63, 3.8) is 0 Å². The van der Waals surface area contributed by atoms with E-state index in [-0.39, 0.29) is 28.8 Å². The second-order valence-corrected chi connectivity index (χ2v) is 16.3. The van der Waals surface area contributed by atoms with Gasteiger partial charge in [-0.1, -0.05) is 64.5 Å². The predicted octanol–water partition coefficient (Wildman–Crippen LogP) is 4.17. The van der Waals surface area contributed by atoms with Crippen molar-refractivity contribution >= 4 is 63.0 Å². The zero-order valence-electron chi connectivity index (χ0n) is 29.7. The van der Waals surface area contributed by atoms with Crippen molar-refractivity contribution in [3.8, 4) is 11.5 Å². The van der Waals surface area contributed by atoms with Gasteiger partial charge in [0, 0.05) is 10.9 Å². The lowest BCUT2D eigenvalue weighted by Gasteiger charge is -2.29. The zero-order chi connectivity index (χ0) is 42.4. The average molecular weight is 902 g/mol. The molecule has 2 amide bonds. The van der Waals surface area contributed by atoms with E-state index < -0.39 is 66.1 Å². The van der Waals surface area contributed by atoms with Crippen LogP contribution in [0.15, 0.2) is 124 Å². The van der Waals surface area contributed by atoms with Crippen molar-refractivity contribution in [1.82, 2.24) is 15.4 Å². The molecule has 4 rings (SSSR count). The lowest BCUT2D eigenvalue weighted by atomic mass is 10.1. The van der Waals surface area contributed by atoms with Crippen LogP contribution in [0.1, 0.15) is 12.5 Å². The molecule has 0 saturated heterocycles. The minimum absolute atomic E-state index is 0.0717. The second kappa shape index (κ2) is 20.6. The number of alkyl halides is 3. The van der Waals surface area contributed by atoms with Crippen molar-refractivity contribution in [3.05, 3.63) is 119 Å². The Morgan fingerprint density at radius 1 is 0.842 bits per heavy atom. The Kier molecular flexibility index (Phi) is 16.6. The number of halogens is 4. The number of carboxylic acids is 1. The van der Waals surface area contributed by atoms with Crippen LogP contribution in [0.5, 0.6) is 11.5 Å². The van der Waals surface area contributed by atoms with E-state index in [2.05, 4.69) is 36.3 Å². The molecule has 0 aromatic heterocycles. The molecular weight excluding hydrogens is 864 g/mol. The van der Waals surface area contributed by atoms with E-state index in [1.807, 2.05) is 0 Å². The van der Waals surface area contributed by atoms with Crippen LogP contribution >= 0.6 is 23.5 Å². The van der Waals surface area contributed by atoms with E-state index in [1.54, 1.807) is 84.9 Å². The first-order valence-corrected chi connectivity index (χ1v) is 20.2. The highest BCUT2D eigenvalue weighted by Crippen LogP contribution is 2.53. The molecule has 9 N–H and O–H groups in total. The third-order valence-electron chi connectivity index (χ3n) is 7.18. The van der Waals surface area contributed by atoms with Gasteiger partial charge in [0.05, 0.1) is 17.2 Å². The second-order valence-electron chi connectivity index (χ2n) is 11.6. The van der Waals surface area contributed by atoms with Crippen LogP contribution in [-0.4, -0.2) is 73.0 Å². The monoisotopic (exact) mass is 900 g/mol. The number of nitrogens with one attached hydrogen (secondary N) is 3. The van der Waals surface area contributed by atoms with Gasteiger partial charge in [0.25, 0.3) is 0 Å². The fourth-order valence-electron chi connectivity index (χ4n) is 4.43. The summed E-state index contributed by atoms with van der Waals surface area (Å²) in [5.41, 5.74) is 12.0. The van der Waals surface area contributed by atoms with Gasteiger partial charge in [-0.3, -0.25) is 9.59 Å². The van der Waals surface area contributed by atoms with E-state index in [4.69, 9.17) is 30.4 Å². The Bertz CT molecular complexity index is 2100. The van der Waals surface area contributed by atoms with E-state index >= 15 is 0 Å². The van der Waals surface area contributed by atoms with Gasteiger partial charge < -0.3 is 41.4 Å². The maximum atomic E-state index is 14.8. The molecule has 4 aromatic carbocycles. The molecule has 0 bridgehead atoms. The number of guanidine groups is 1. The van der Waals surface area contributed by atoms with Crippen LogP contribution < -0.4 is 35.9 Å². The molecule has 0 aliphatic heterocycles. The number of hydrogen-bond donors (Lipinski definition) is 7. The number of amides is 2. The summed E-state index contributed by atoms with van der Waals surface area (Å²) in [4.78, 5) is 39.5. The van der Waals surface area contributed by atoms with Gasteiger partial charge in [0.15, 0.2) is 11.7 Å². The molecule has 1 unspecified atom stereocenters. The summed E-state index contributed by atoms with van der Waals surface area (Å²) >= 11 is 3.23. The van der Waals surface area contributed by atoms with E-state index in [0.29, 0.717) is 15.7 Å². The zero-order valence-corrected chi connectivity index (χ0v) is 33.0. The quantitative estimate of drug-likeness (QED) is 0.0475. The van der Waals surface area contributed by atoms with E-state index in [0.717, 1.165) is 0 Å². The number of nitrogens with zero attached hydrogens (tertiary/aromatic N) is 1. The van der Waals surface area contributed by atoms with Crippen molar-refractivity contribution in [2.75, 3.05) is 6.61 Å². The Balaban J connectivity index is 0.00000113. The first kappa shape index (κ1) is 45.9. The van der Waals surface area contributed by atoms with Crippen molar-refractivity contribution in [1.29, 1.82) is 0 Å². The molecule has 0 saturated carbocycles. The molecule has 3 atom stereocenters. The maximum Gasteiger partial charge on any atom is 0.490 e. The molecule has 0 aliphatic rings. The standard InChI is InChI=1S/C33H36BrN6O8PS.C2HF3O2/c1-22(37-32(43)29(21-41)40-50(45,46)28-18-14-24(34)15-19-28)31(42)39-30(20-23-12-16-25(17-13-23)38-33(35)36)49(44,47-26-8-4-2-5-9-26)48-27-10-6-3-7-11-27;3-2(4,5)1(6)7/h2-19,22,29-30,40-41H,20-21H2,1H3,(H,37,43)(H,39,42)(H4,35,36,38);(H,6,7)/t22-,29+,30?;/m0./s1. The lowest BCUT2D eigenvalue weighted by molar-refractivity contribution is -0.192. The highest BCUT2D eigenvalue weighted by atomic mass is 79.9. The van der Waals surface area contributed by atoms with Gasteiger partial charge in [-0.15, -0.1) is 0 Å². The number of sulfonamides is 1. The molecule has 306 valence electrons. The average Bonchev–Trinajstić information content (AvgIpc) is 3.14. The van der Waals surface area contributed by atoms with Gasteiger partial charge in [-0.05, 0) is 73.2 Å². The summed E-state index contributed by atoms with van der Waals surface area (Å²) in [5, 5.41) is 22.1. The maximum absolute atomic E-state index is 14.8. The number of carbonyl (C=O) groups is 3. The van der Waals surface area contributed by atoms with Crippen LogP contribution in [0.3, 0.4) is 0 Å². The minimum atomic E-state index is -5.08. The van der Waals surface area contributed by atoms with Crippen LogP contribution in [0.4, 0.5) is 18.9 Å². The summed E-state index contributed by atoms with van der Waals surface area (Å²) in [5.74, 6) is -5.59. The number of aliphatic hydroxyl groups excluding tert-OH is 1. The number of nitrogens with two attached hydrogens (primary N) is 2. The molecule has 57 heavy (non-hydrogen) atoms. The highest BCUT2D eigenvalue weighted by Gasteiger charge is 2.42. The van der Waals surface area contributed by atoms with Gasteiger partial charge in [0.1, 0.15) is 23.6 Å². The molecular formula is C35H37BrF3N6O10PS. The summed E-state index contributed by atoms with van der Waals surface area (Å²) in [6, 6.07) is 25.8. The first-order valence-electron chi connectivity index (χ1n) is 16.3. The molecule has 0 heterocycles. The van der Waals surface area contributed by atoms with Crippen LogP contribution in [-0.2, 0) is 35.4 Å². The molecule has 4 aromatic rings. The number of aliphatic hydroxyl groups is 1. The molecule has 0 radical (unpaired) electrons. The van der Waals surface area contributed by atoms with E-state index in [9.17, 15) is 40.8 Å². The Hall–Kier alpha value is -5.47. The Morgan fingerprint density at radius 3 is 1.77 bits per heavy atom. The number of rotatable bonds is 16. The number of para-hydroxylation sites is 2. The Morgan fingerprint density at radius 2 is 1.33 bits per heavy atom. The summed E-state index contributed by atoms with van der Waals surface area (Å²) in [6.07, 6.45) is -5.16. The Labute approximate surface area is 333 Å². The number of hydrogen-bond acceptors (Lipinski definition) is 10. The number of aliphatic imine (C=N–C) groups is 1. The van der Waals surface area contributed by atoms with Gasteiger partial charge in [-0.2, -0.15) is 17.9 Å². The van der Waals surface area contributed by atoms with Crippen molar-refractivity contribution in [2.24, 2.45) is 16.5 Å². The predicted molar refractivity (Wildman–Crippen MR) is 206 cm³/mol. The smallest absolute Gasteiger partial charge is 0.475 e. The largest absolute Gasteiger partial charge is 0.490 e. The summed E-state index contributed by atoms with van der Waals surface area (Å²) in [7, 11) is -8.55. The normalized spacial score (nSPS) is 13.0. The third kappa shape index (κ3) is 14.8. The van der Waals surface area contributed by atoms with Crippen LogP contribution in [0, 0.1) is 0 Å². The topological polar surface area (TPSA) is 262 Å². The fraction of sp³-hybridized carbons (Fsp3) is 0.200. The SMILES string of the molecule is C[C@H](NC(=O)[C@@H](CO)NS(=O)(=O)c1ccc(Br)cc1)C(=O)NC(Cc1ccc(N=C(N)N)cc1)P(=O)(Oc1ccccc1)Oc1ccccc1.O=C(O)C(F)(F)F. The van der Waals surface area contributed by atoms with Gasteiger partial charge in [0.2, 0.25) is 21.8 Å². The van der Waals surface area contributed by atoms with E-state index in [1.165, 1.54) is 31.2 Å².